The van der Waals surface area contributed by atoms with E-state index >= 15 is 0 Å². The van der Waals surface area contributed by atoms with Gasteiger partial charge in [-0.3, -0.25) is 14.9 Å². The van der Waals surface area contributed by atoms with Gasteiger partial charge < -0.3 is 4.42 Å². The summed E-state index contributed by atoms with van der Waals surface area (Å²) in [7, 11) is 0. The van der Waals surface area contributed by atoms with E-state index in [1.807, 2.05) is 13.8 Å². The number of H-pyrrole nitrogens is 1. The Morgan fingerprint density at radius 1 is 1.29 bits per heavy atom. The van der Waals surface area contributed by atoms with Crippen LogP contribution in [0.1, 0.15) is 37.1 Å². The van der Waals surface area contributed by atoms with E-state index in [0.29, 0.717) is 11.5 Å². The quantitative estimate of drug-likeness (QED) is 0.506. The summed E-state index contributed by atoms with van der Waals surface area (Å²) in [6.45, 7) is 3.98. The van der Waals surface area contributed by atoms with Gasteiger partial charge in [0.2, 0.25) is 0 Å². The number of hydrogen-bond donors (Lipinski definition) is 2. The summed E-state index contributed by atoms with van der Waals surface area (Å²) in [5.74, 6) is 0.104. The number of benzene rings is 1. The number of halogens is 2. The van der Waals surface area contributed by atoms with Crippen LogP contribution in [0.15, 0.2) is 41.2 Å². The molecule has 0 amide bonds. The number of hydrogen-bond acceptors (Lipinski definition) is 5. The summed E-state index contributed by atoms with van der Waals surface area (Å²) < 4.78 is 34.4. The minimum absolute atomic E-state index is 0.0449. The third-order valence-electron chi connectivity index (χ3n) is 4.17. The number of nitrogens with one attached hydrogen (secondary N) is 2. The van der Waals surface area contributed by atoms with Gasteiger partial charge in [0.1, 0.15) is 35.1 Å². The molecule has 0 aliphatic rings. The van der Waals surface area contributed by atoms with Crippen molar-refractivity contribution in [2.75, 3.05) is 0 Å². The van der Waals surface area contributed by atoms with Gasteiger partial charge in [-0.15, -0.1) is 0 Å². The minimum atomic E-state index is -0.769. The Kier molecular flexibility index (Phi) is 4.34. The second kappa shape index (κ2) is 6.84. The van der Waals surface area contributed by atoms with Gasteiger partial charge in [-0.25, -0.2) is 13.8 Å². The molecule has 0 saturated heterocycles. The molecule has 28 heavy (non-hydrogen) atoms. The van der Waals surface area contributed by atoms with Crippen LogP contribution in [0.3, 0.4) is 0 Å². The van der Waals surface area contributed by atoms with Crippen LogP contribution in [-0.4, -0.2) is 30.3 Å². The zero-order valence-electron chi connectivity index (χ0n) is 15.1. The molecule has 0 unspecified atom stereocenters. The maximum Gasteiger partial charge on any atom is 0.306 e. The van der Waals surface area contributed by atoms with E-state index in [-0.39, 0.29) is 28.7 Å². The van der Waals surface area contributed by atoms with Crippen molar-refractivity contribution in [3.05, 3.63) is 65.7 Å². The number of aromatic nitrogens is 5. The van der Waals surface area contributed by atoms with Crippen LogP contribution in [0.5, 0.6) is 0 Å². The van der Waals surface area contributed by atoms with Crippen LogP contribution >= 0.6 is 0 Å². The van der Waals surface area contributed by atoms with E-state index in [2.05, 4.69) is 20.2 Å². The van der Waals surface area contributed by atoms with Gasteiger partial charge in [-0.1, -0.05) is 13.8 Å². The molecule has 142 valence electrons. The molecular formula is C19H16F2N6O. The lowest BCUT2D eigenvalue weighted by molar-refractivity contribution is 0.585. The lowest BCUT2D eigenvalue weighted by Gasteiger charge is -2.04. The zero-order chi connectivity index (χ0) is 19.8. The SMILES string of the molecule is CC(C)c1nc(/C=C\C(=N)c2c(-c3ccc(F)cc3F)nc3occn23)n[nH]1. The predicted molar refractivity (Wildman–Crippen MR) is 99.1 cm³/mol. The molecule has 0 aliphatic carbocycles. The van der Waals surface area contributed by atoms with Crippen LogP contribution in [0, 0.1) is 17.0 Å². The molecule has 0 saturated carbocycles. The van der Waals surface area contributed by atoms with Gasteiger partial charge in [-0.2, -0.15) is 10.1 Å². The van der Waals surface area contributed by atoms with Crippen molar-refractivity contribution >= 4 is 17.6 Å². The van der Waals surface area contributed by atoms with Crippen molar-refractivity contribution in [2.45, 2.75) is 19.8 Å². The fourth-order valence-corrected chi connectivity index (χ4v) is 2.77. The number of imidazole rings is 1. The largest absolute Gasteiger partial charge is 0.432 e. The van der Waals surface area contributed by atoms with Crippen LogP contribution in [-0.2, 0) is 0 Å². The van der Waals surface area contributed by atoms with Crippen molar-refractivity contribution in [1.29, 1.82) is 5.41 Å². The fraction of sp³-hybridized carbons (Fsp3) is 0.158. The molecule has 0 radical (unpaired) electrons. The van der Waals surface area contributed by atoms with Crippen molar-refractivity contribution < 1.29 is 13.2 Å². The highest BCUT2D eigenvalue weighted by Gasteiger charge is 2.21. The Morgan fingerprint density at radius 2 is 2.11 bits per heavy atom. The third-order valence-corrected chi connectivity index (χ3v) is 4.17. The summed E-state index contributed by atoms with van der Waals surface area (Å²) in [6.07, 6.45) is 6.07. The van der Waals surface area contributed by atoms with E-state index in [1.165, 1.54) is 22.8 Å². The predicted octanol–water partition coefficient (Wildman–Crippen LogP) is 4.20. The Bertz CT molecular complexity index is 1200. The Morgan fingerprint density at radius 3 is 2.82 bits per heavy atom. The van der Waals surface area contributed by atoms with Gasteiger partial charge in [0.25, 0.3) is 0 Å². The summed E-state index contributed by atoms with van der Waals surface area (Å²) in [5.41, 5.74) is 0.617. The second-order valence-electron chi connectivity index (χ2n) is 6.47. The van der Waals surface area contributed by atoms with Gasteiger partial charge in [0.05, 0.1) is 5.71 Å². The third kappa shape index (κ3) is 3.11. The van der Waals surface area contributed by atoms with E-state index in [0.717, 1.165) is 18.0 Å². The number of aromatic amines is 1. The first-order valence-corrected chi connectivity index (χ1v) is 8.54. The van der Waals surface area contributed by atoms with Crippen molar-refractivity contribution in [3.8, 4) is 11.3 Å². The highest BCUT2D eigenvalue weighted by Crippen LogP contribution is 2.28. The normalized spacial score (nSPS) is 11.9. The van der Waals surface area contributed by atoms with Gasteiger partial charge in [-0.05, 0) is 24.3 Å². The maximum absolute atomic E-state index is 14.3. The monoisotopic (exact) mass is 382 g/mol. The number of nitrogens with zero attached hydrogens (tertiary/aromatic N) is 4. The summed E-state index contributed by atoms with van der Waals surface area (Å²) in [5, 5.41) is 15.4. The summed E-state index contributed by atoms with van der Waals surface area (Å²) in [6, 6.07) is 3.21. The standard InChI is InChI=1S/C19H16F2N6O/c1-10(2)18-23-15(25-26-18)6-5-14(22)17-16(24-19-27(17)7-8-28-19)12-4-3-11(20)9-13(12)21/h3-10,22H,1-2H3,(H,23,25,26)/b6-5-,22-14?. The smallest absolute Gasteiger partial charge is 0.306 e. The Balaban J connectivity index is 1.75. The molecule has 0 spiro atoms. The molecule has 3 aromatic heterocycles. The van der Waals surface area contributed by atoms with Crippen LogP contribution in [0.25, 0.3) is 23.2 Å². The number of oxazole rings is 1. The first kappa shape index (κ1) is 17.8. The zero-order valence-corrected chi connectivity index (χ0v) is 15.1. The van der Waals surface area contributed by atoms with Crippen LogP contribution in [0.4, 0.5) is 8.78 Å². The summed E-state index contributed by atoms with van der Waals surface area (Å²) >= 11 is 0. The van der Waals surface area contributed by atoms with Crippen LogP contribution < -0.4 is 0 Å². The average molecular weight is 382 g/mol. The van der Waals surface area contributed by atoms with E-state index in [4.69, 9.17) is 9.83 Å². The van der Waals surface area contributed by atoms with Gasteiger partial charge >= 0.3 is 5.84 Å². The molecule has 3 heterocycles. The molecule has 4 aromatic rings. The van der Waals surface area contributed by atoms with Crippen LogP contribution in [0.2, 0.25) is 0 Å². The molecule has 1 aromatic carbocycles. The Hall–Kier alpha value is -3.62. The molecule has 0 fully saturated rings. The highest BCUT2D eigenvalue weighted by molar-refractivity contribution is 6.11. The molecule has 9 heteroatoms. The first-order valence-electron chi connectivity index (χ1n) is 8.54. The number of allylic oxidation sites excluding steroid dienone is 1. The summed E-state index contributed by atoms with van der Waals surface area (Å²) in [4.78, 5) is 8.59. The molecular weight excluding hydrogens is 366 g/mol. The van der Waals surface area contributed by atoms with Gasteiger partial charge in [0.15, 0.2) is 5.82 Å². The highest BCUT2D eigenvalue weighted by atomic mass is 19.1. The fourth-order valence-electron chi connectivity index (χ4n) is 2.77. The van der Waals surface area contributed by atoms with Crippen molar-refractivity contribution in [3.63, 3.8) is 0 Å². The molecule has 0 atom stereocenters. The lowest BCUT2D eigenvalue weighted by atomic mass is 10.1. The van der Waals surface area contributed by atoms with Crippen molar-refractivity contribution in [1.82, 2.24) is 24.6 Å². The van der Waals surface area contributed by atoms with E-state index in [9.17, 15) is 8.78 Å². The molecule has 0 bridgehead atoms. The Labute approximate surface area is 158 Å². The average Bonchev–Trinajstić information content (AvgIpc) is 3.35. The minimum Gasteiger partial charge on any atom is -0.432 e. The molecule has 7 nitrogen and oxygen atoms in total. The molecule has 2 N–H and O–H groups in total. The number of fused-ring (bicyclic) bond motifs is 1. The topological polar surface area (TPSA) is 95.9 Å². The second-order valence-corrected chi connectivity index (χ2v) is 6.47. The maximum atomic E-state index is 14.3. The molecule has 0 aliphatic heterocycles. The van der Waals surface area contributed by atoms with E-state index < -0.39 is 11.6 Å². The van der Waals surface area contributed by atoms with Crippen molar-refractivity contribution in [2.24, 2.45) is 0 Å². The lowest BCUT2D eigenvalue weighted by Crippen LogP contribution is -2.02. The van der Waals surface area contributed by atoms with Gasteiger partial charge in [0, 0.05) is 23.7 Å². The first-order chi connectivity index (χ1) is 13.4. The number of rotatable bonds is 5. The van der Waals surface area contributed by atoms with E-state index in [1.54, 1.807) is 12.3 Å². The molecule has 4 rings (SSSR count).